The second-order valence-electron chi connectivity index (χ2n) is 5.51. The summed E-state index contributed by atoms with van der Waals surface area (Å²) in [6.07, 6.45) is 4.64. The first-order chi connectivity index (χ1) is 9.81. The molecule has 20 heavy (non-hydrogen) atoms. The Morgan fingerprint density at radius 1 is 1.10 bits per heavy atom. The van der Waals surface area contributed by atoms with Crippen molar-refractivity contribution in [2.75, 3.05) is 6.61 Å². The van der Waals surface area contributed by atoms with Gasteiger partial charge in [-0.05, 0) is 60.9 Å². The molecule has 2 heteroatoms. The first-order valence-corrected chi connectivity index (χ1v) is 7.64. The third-order valence-electron chi connectivity index (χ3n) is 3.92. The van der Waals surface area contributed by atoms with Gasteiger partial charge < -0.3 is 4.74 Å². The van der Waals surface area contributed by atoms with E-state index in [0.29, 0.717) is 5.92 Å². The zero-order valence-electron chi connectivity index (χ0n) is 11.5. The molecule has 1 heterocycles. The minimum Gasteiger partial charge on any atom is -0.493 e. The lowest BCUT2D eigenvalue weighted by atomic mass is 9.91. The van der Waals surface area contributed by atoms with Gasteiger partial charge in [0.05, 0.1) is 6.61 Å². The minimum absolute atomic E-state index is 0.643. The third kappa shape index (κ3) is 3.34. The fraction of sp³-hybridized carbons (Fsp3) is 0.333. The highest BCUT2D eigenvalue weighted by atomic mass is 35.5. The van der Waals surface area contributed by atoms with E-state index in [1.165, 1.54) is 24.0 Å². The monoisotopic (exact) mass is 286 g/mol. The van der Waals surface area contributed by atoms with E-state index in [9.17, 15) is 0 Å². The molecular weight excluding hydrogens is 268 g/mol. The molecule has 0 fully saturated rings. The minimum atomic E-state index is 0.643. The molecule has 0 amide bonds. The summed E-state index contributed by atoms with van der Waals surface area (Å²) in [6, 6.07) is 16.5. The lowest BCUT2D eigenvalue weighted by molar-refractivity contribution is 0.212. The number of aryl methyl sites for hydroxylation is 1. The van der Waals surface area contributed by atoms with Gasteiger partial charge in [-0.3, -0.25) is 0 Å². The average molecular weight is 287 g/mol. The van der Waals surface area contributed by atoms with Crippen molar-refractivity contribution in [1.29, 1.82) is 0 Å². The van der Waals surface area contributed by atoms with Crippen molar-refractivity contribution in [3.8, 4) is 5.75 Å². The quantitative estimate of drug-likeness (QED) is 0.775. The summed E-state index contributed by atoms with van der Waals surface area (Å²) < 4.78 is 5.84. The summed E-state index contributed by atoms with van der Waals surface area (Å²) in [7, 11) is 0. The Kier molecular flexibility index (Phi) is 4.27. The fourth-order valence-electron chi connectivity index (χ4n) is 2.86. The van der Waals surface area contributed by atoms with Crippen LogP contribution >= 0.6 is 11.6 Å². The zero-order valence-corrected chi connectivity index (χ0v) is 12.3. The van der Waals surface area contributed by atoms with Gasteiger partial charge in [0.1, 0.15) is 5.75 Å². The number of ether oxygens (including phenoxy) is 1. The highest BCUT2D eigenvalue weighted by molar-refractivity contribution is 6.30. The maximum absolute atomic E-state index is 6.01. The Hall–Kier alpha value is -1.47. The predicted octanol–water partition coefficient (Wildman–Crippen LogP) is 4.91. The second kappa shape index (κ2) is 6.32. The van der Waals surface area contributed by atoms with Crippen LogP contribution in [0.1, 0.15) is 24.0 Å². The van der Waals surface area contributed by atoms with Gasteiger partial charge >= 0.3 is 0 Å². The van der Waals surface area contributed by atoms with Crippen LogP contribution in [-0.2, 0) is 12.8 Å². The van der Waals surface area contributed by atoms with E-state index >= 15 is 0 Å². The average Bonchev–Trinajstić information content (AvgIpc) is 2.47. The molecular formula is C18H19ClO. The van der Waals surface area contributed by atoms with Crippen molar-refractivity contribution in [3.63, 3.8) is 0 Å². The van der Waals surface area contributed by atoms with Crippen LogP contribution in [-0.4, -0.2) is 6.61 Å². The molecule has 1 atom stereocenters. The first-order valence-electron chi connectivity index (χ1n) is 7.26. The lowest BCUT2D eigenvalue weighted by Gasteiger charge is -2.25. The van der Waals surface area contributed by atoms with Crippen molar-refractivity contribution in [1.82, 2.24) is 0 Å². The summed E-state index contributed by atoms with van der Waals surface area (Å²) in [5, 5.41) is 0.831. The molecule has 1 unspecified atom stereocenters. The third-order valence-corrected chi connectivity index (χ3v) is 4.16. The SMILES string of the molecule is Clc1cccc(CCCC2COc3ccccc3C2)c1. The van der Waals surface area contributed by atoms with Crippen molar-refractivity contribution in [3.05, 3.63) is 64.7 Å². The van der Waals surface area contributed by atoms with E-state index in [1.54, 1.807) is 0 Å². The second-order valence-corrected chi connectivity index (χ2v) is 5.95. The van der Waals surface area contributed by atoms with Gasteiger partial charge in [-0.1, -0.05) is 41.9 Å². The molecule has 0 N–H and O–H groups in total. The van der Waals surface area contributed by atoms with Crippen LogP contribution in [0, 0.1) is 5.92 Å². The predicted molar refractivity (Wildman–Crippen MR) is 83.5 cm³/mol. The molecule has 2 aromatic rings. The van der Waals surface area contributed by atoms with E-state index in [-0.39, 0.29) is 0 Å². The van der Waals surface area contributed by atoms with Crippen LogP contribution in [0.5, 0.6) is 5.75 Å². The van der Waals surface area contributed by atoms with Gasteiger partial charge in [0.15, 0.2) is 0 Å². The molecule has 1 nitrogen and oxygen atoms in total. The van der Waals surface area contributed by atoms with E-state index in [1.807, 2.05) is 18.2 Å². The van der Waals surface area contributed by atoms with Crippen LogP contribution < -0.4 is 4.74 Å². The Labute approximate surface area is 125 Å². The van der Waals surface area contributed by atoms with Crippen molar-refractivity contribution in [2.45, 2.75) is 25.7 Å². The number of para-hydroxylation sites is 1. The zero-order chi connectivity index (χ0) is 13.8. The van der Waals surface area contributed by atoms with Crippen molar-refractivity contribution in [2.24, 2.45) is 5.92 Å². The van der Waals surface area contributed by atoms with Gasteiger partial charge in [-0.15, -0.1) is 0 Å². The summed E-state index contributed by atoms with van der Waals surface area (Å²) in [5.74, 6) is 1.71. The fourth-order valence-corrected chi connectivity index (χ4v) is 3.08. The van der Waals surface area contributed by atoms with E-state index in [4.69, 9.17) is 16.3 Å². The topological polar surface area (TPSA) is 9.23 Å². The van der Waals surface area contributed by atoms with Crippen LogP contribution in [0.2, 0.25) is 5.02 Å². The Morgan fingerprint density at radius 2 is 2.00 bits per heavy atom. The Balaban J connectivity index is 1.51. The smallest absolute Gasteiger partial charge is 0.122 e. The van der Waals surface area contributed by atoms with E-state index in [2.05, 4.69) is 30.3 Å². The molecule has 0 spiro atoms. The van der Waals surface area contributed by atoms with Gasteiger partial charge in [-0.25, -0.2) is 0 Å². The molecule has 3 rings (SSSR count). The summed E-state index contributed by atoms with van der Waals surface area (Å²) >= 11 is 6.01. The maximum atomic E-state index is 6.01. The summed E-state index contributed by atoms with van der Waals surface area (Å²) in [4.78, 5) is 0. The molecule has 0 aromatic heterocycles. The number of hydrogen-bond donors (Lipinski definition) is 0. The first kappa shape index (κ1) is 13.5. The maximum Gasteiger partial charge on any atom is 0.122 e. The van der Waals surface area contributed by atoms with E-state index < -0.39 is 0 Å². The molecule has 1 aliphatic rings. The van der Waals surface area contributed by atoms with Gasteiger partial charge in [0.25, 0.3) is 0 Å². The van der Waals surface area contributed by atoms with Gasteiger partial charge in [0.2, 0.25) is 0 Å². The number of benzene rings is 2. The van der Waals surface area contributed by atoms with E-state index in [0.717, 1.165) is 30.2 Å². The standard InChI is InChI=1S/C18H19ClO/c19-17-9-4-6-14(12-17)5-3-7-15-11-16-8-1-2-10-18(16)20-13-15/h1-2,4,6,8-10,12,15H,3,5,7,11,13H2. The number of fused-ring (bicyclic) bond motifs is 1. The molecule has 0 bridgehead atoms. The Bertz CT molecular complexity index is 579. The molecule has 104 valence electrons. The van der Waals surface area contributed by atoms with Crippen molar-refractivity contribution >= 4 is 11.6 Å². The van der Waals surface area contributed by atoms with Crippen LogP contribution in [0.25, 0.3) is 0 Å². The largest absolute Gasteiger partial charge is 0.493 e. The Morgan fingerprint density at radius 3 is 2.90 bits per heavy atom. The van der Waals surface area contributed by atoms with Gasteiger partial charge in [-0.2, -0.15) is 0 Å². The lowest BCUT2D eigenvalue weighted by Crippen LogP contribution is -2.20. The molecule has 0 saturated heterocycles. The molecule has 1 aliphatic heterocycles. The molecule has 0 saturated carbocycles. The normalized spacial score (nSPS) is 17.4. The van der Waals surface area contributed by atoms with Crippen molar-refractivity contribution < 1.29 is 4.74 Å². The summed E-state index contributed by atoms with van der Waals surface area (Å²) in [6.45, 7) is 0.854. The molecule has 0 radical (unpaired) electrons. The summed E-state index contributed by atoms with van der Waals surface area (Å²) in [5.41, 5.74) is 2.68. The van der Waals surface area contributed by atoms with Crippen LogP contribution in [0.15, 0.2) is 48.5 Å². The highest BCUT2D eigenvalue weighted by Gasteiger charge is 2.18. The van der Waals surface area contributed by atoms with Crippen LogP contribution in [0.4, 0.5) is 0 Å². The van der Waals surface area contributed by atoms with Crippen LogP contribution in [0.3, 0.4) is 0 Å². The number of rotatable bonds is 4. The molecule has 0 aliphatic carbocycles. The van der Waals surface area contributed by atoms with Gasteiger partial charge in [0, 0.05) is 5.02 Å². The number of halogens is 1. The number of hydrogen-bond acceptors (Lipinski definition) is 1. The highest BCUT2D eigenvalue weighted by Crippen LogP contribution is 2.29. The molecule has 2 aromatic carbocycles.